The van der Waals surface area contributed by atoms with E-state index in [2.05, 4.69) is 15.9 Å². The van der Waals surface area contributed by atoms with E-state index in [-0.39, 0.29) is 4.47 Å². The van der Waals surface area contributed by atoms with E-state index in [0.29, 0.717) is 0 Å². The molecule has 0 aliphatic rings. The highest BCUT2D eigenvalue weighted by atomic mass is 79.9. The Bertz CT molecular complexity index is 437. The van der Waals surface area contributed by atoms with Crippen LogP contribution in [0.1, 0.15) is 6.92 Å². The summed E-state index contributed by atoms with van der Waals surface area (Å²) in [6, 6.07) is 2.12. The third-order valence-corrected chi connectivity index (χ3v) is 2.23. The predicted octanol–water partition coefficient (Wildman–Crippen LogP) is 3.14. The van der Waals surface area contributed by atoms with E-state index in [4.69, 9.17) is 9.84 Å². The summed E-state index contributed by atoms with van der Waals surface area (Å²) in [5.41, 5.74) is 0. The summed E-state index contributed by atoms with van der Waals surface area (Å²) in [5.74, 6) is -3.40. The minimum absolute atomic E-state index is 0.258. The fraction of sp³-hybridized carbons (Fsp3) is 0.182. The van der Waals surface area contributed by atoms with Crippen LogP contribution in [-0.4, -0.2) is 17.2 Å². The molecule has 0 saturated heterocycles. The molecule has 6 heteroatoms. The first kappa shape index (κ1) is 13.6. The van der Waals surface area contributed by atoms with Gasteiger partial charge in [0.2, 0.25) is 0 Å². The minimum Gasteiger partial charge on any atom is -0.481 e. The second kappa shape index (κ2) is 5.77. The van der Waals surface area contributed by atoms with E-state index in [1.807, 2.05) is 0 Å². The number of hydrogen-bond acceptors (Lipinski definition) is 2. The van der Waals surface area contributed by atoms with Gasteiger partial charge >= 0.3 is 5.97 Å². The lowest BCUT2D eigenvalue weighted by Gasteiger charge is -2.12. The van der Waals surface area contributed by atoms with Gasteiger partial charge in [-0.25, -0.2) is 13.6 Å². The van der Waals surface area contributed by atoms with Crippen LogP contribution in [0.4, 0.5) is 8.78 Å². The van der Waals surface area contributed by atoms with Crippen molar-refractivity contribution in [1.29, 1.82) is 0 Å². The zero-order chi connectivity index (χ0) is 13.0. The molecule has 17 heavy (non-hydrogen) atoms. The molecule has 0 saturated carbocycles. The van der Waals surface area contributed by atoms with Crippen LogP contribution in [0.15, 0.2) is 28.8 Å². The summed E-state index contributed by atoms with van der Waals surface area (Å²) in [5, 5.41) is 8.38. The summed E-state index contributed by atoms with van der Waals surface area (Å²) in [7, 11) is 0. The maximum atomic E-state index is 13.3. The van der Waals surface area contributed by atoms with Crippen molar-refractivity contribution in [3.8, 4) is 5.75 Å². The Labute approximate surface area is 105 Å². The maximum Gasteiger partial charge on any atom is 0.328 e. The van der Waals surface area contributed by atoms with Crippen LogP contribution in [0.2, 0.25) is 0 Å². The highest BCUT2D eigenvalue weighted by Crippen LogP contribution is 2.26. The number of aliphatic carboxylic acids is 1. The molecule has 0 aliphatic heterocycles. The van der Waals surface area contributed by atoms with Crippen LogP contribution in [0.25, 0.3) is 0 Å². The first-order valence-electron chi connectivity index (χ1n) is 4.62. The van der Waals surface area contributed by atoms with Crippen LogP contribution in [0.3, 0.4) is 0 Å². The van der Waals surface area contributed by atoms with E-state index >= 15 is 0 Å². The molecule has 1 aromatic carbocycles. The maximum absolute atomic E-state index is 13.3. The number of rotatable bonds is 4. The average molecular weight is 307 g/mol. The lowest BCUT2D eigenvalue weighted by atomic mass is 10.3. The second-order valence-electron chi connectivity index (χ2n) is 3.22. The molecule has 3 nitrogen and oxygen atoms in total. The van der Waals surface area contributed by atoms with Gasteiger partial charge in [0.25, 0.3) is 0 Å². The van der Waals surface area contributed by atoms with E-state index in [0.717, 1.165) is 18.2 Å². The van der Waals surface area contributed by atoms with Crippen LogP contribution in [0.5, 0.6) is 5.75 Å². The number of carboxylic acid groups (broad SMARTS) is 1. The Kier molecular flexibility index (Phi) is 4.62. The fourth-order valence-corrected chi connectivity index (χ4v) is 1.49. The van der Waals surface area contributed by atoms with Crippen molar-refractivity contribution in [3.63, 3.8) is 0 Å². The minimum atomic E-state index is -1.16. The molecule has 1 unspecified atom stereocenters. The summed E-state index contributed by atoms with van der Waals surface area (Å²) >= 11 is 2.94. The van der Waals surface area contributed by atoms with Crippen molar-refractivity contribution in [2.75, 3.05) is 0 Å². The lowest BCUT2D eigenvalue weighted by Crippen LogP contribution is -2.11. The standard InChI is InChI=1S/C11H9BrF2O3/c1-6(2-3-10(15)16)17-11-8(13)4-7(12)5-9(11)14/h2-6H,1H3,(H,15,16)/b3-2+. The molecule has 1 N–H and O–H groups in total. The number of ether oxygens (including phenoxy) is 1. The Balaban J connectivity index is 2.85. The van der Waals surface area contributed by atoms with Gasteiger partial charge in [-0.3, -0.25) is 0 Å². The van der Waals surface area contributed by atoms with Gasteiger partial charge in [-0.2, -0.15) is 0 Å². The van der Waals surface area contributed by atoms with Crippen molar-refractivity contribution >= 4 is 21.9 Å². The van der Waals surface area contributed by atoms with Gasteiger partial charge in [0.15, 0.2) is 17.4 Å². The Morgan fingerprint density at radius 3 is 2.47 bits per heavy atom. The largest absolute Gasteiger partial charge is 0.481 e. The third-order valence-electron chi connectivity index (χ3n) is 1.78. The van der Waals surface area contributed by atoms with E-state index in [1.54, 1.807) is 0 Å². The first-order valence-corrected chi connectivity index (χ1v) is 5.41. The molecule has 0 spiro atoms. The average Bonchev–Trinajstić information content (AvgIpc) is 2.20. The fourth-order valence-electron chi connectivity index (χ4n) is 1.08. The number of hydrogen-bond donors (Lipinski definition) is 1. The Morgan fingerprint density at radius 2 is 2.00 bits per heavy atom. The first-order chi connectivity index (χ1) is 7.90. The van der Waals surface area contributed by atoms with Crippen molar-refractivity contribution in [1.82, 2.24) is 0 Å². The molecule has 0 aromatic heterocycles. The van der Waals surface area contributed by atoms with Gasteiger partial charge in [-0.15, -0.1) is 0 Å². The molecule has 1 atom stereocenters. The number of halogens is 3. The molecule has 0 bridgehead atoms. The monoisotopic (exact) mass is 306 g/mol. The number of carbonyl (C=O) groups is 1. The molecule has 0 radical (unpaired) electrons. The smallest absolute Gasteiger partial charge is 0.328 e. The Morgan fingerprint density at radius 1 is 1.47 bits per heavy atom. The molecule has 0 amide bonds. The van der Waals surface area contributed by atoms with Gasteiger partial charge in [0.1, 0.15) is 6.10 Å². The SMILES string of the molecule is CC(/C=C/C(=O)O)Oc1c(F)cc(Br)cc1F. The molecule has 1 aromatic rings. The summed E-state index contributed by atoms with van der Waals surface area (Å²) < 4.78 is 31.9. The van der Waals surface area contributed by atoms with Crippen molar-refractivity contribution < 1.29 is 23.4 Å². The molecule has 92 valence electrons. The highest BCUT2D eigenvalue weighted by molar-refractivity contribution is 9.10. The molecule has 0 fully saturated rings. The topological polar surface area (TPSA) is 46.5 Å². The molecular formula is C11H9BrF2O3. The predicted molar refractivity (Wildman–Crippen MR) is 60.9 cm³/mol. The summed E-state index contributed by atoms with van der Waals surface area (Å²) in [4.78, 5) is 10.2. The van der Waals surface area contributed by atoms with Gasteiger partial charge in [-0.1, -0.05) is 15.9 Å². The number of carboxylic acids is 1. The van der Waals surface area contributed by atoms with E-state index < -0.39 is 29.5 Å². The van der Waals surface area contributed by atoms with Crippen LogP contribution in [0, 0.1) is 11.6 Å². The summed E-state index contributed by atoms with van der Waals surface area (Å²) in [6.07, 6.45) is 1.28. The molecular weight excluding hydrogens is 298 g/mol. The summed E-state index contributed by atoms with van der Waals surface area (Å²) in [6.45, 7) is 1.47. The number of benzene rings is 1. The van der Waals surface area contributed by atoms with E-state index in [1.165, 1.54) is 13.0 Å². The van der Waals surface area contributed by atoms with Crippen LogP contribution >= 0.6 is 15.9 Å². The normalized spacial score (nSPS) is 12.7. The van der Waals surface area contributed by atoms with Gasteiger partial charge in [0.05, 0.1) is 0 Å². The van der Waals surface area contributed by atoms with Crippen LogP contribution < -0.4 is 4.74 Å². The second-order valence-corrected chi connectivity index (χ2v) is 4.13. The highest BCUT2D eigenvalue weighted by Gasteiger charge is 2.13. The van der Waals surface area contributed by atoms with Crippen molar-refractivity contribution in [3.05, 3.63) is 40.4 Å². The van der Waals surface area contributed by atoms with Crippen molar-refractivity contribution in [2.24, 2.45) is 0 Å². The van der Waals surface area contributed by atoms with Crippen molar-refractivity contribution in [2.45, 2.75) is 13.0 Å². The third kappa shape index (κ3) is 4.14. The van der Waals surface area contributed by atoms with Gasteiger partial charge in [-0.05, 0) is 25.1 Å². The van der Waals surface area contributed by atoms with Gasteiger partial charge in [0, 0.05) is 10.5 Å². The zero-order valence-electron chi connectivity index (χ0n) is 8.78. The quantitative estimate of drug-likeness (QED) is 0.869. The van der Waals surface area contributed by atoms with Gasteiger partial charge < -0.3 is 9.84 Å². The zero-order valence-corrected chi connectivity index (χ0v) is 10.4. The van der Waals surface area contributed by atoms with Crippen LogP contribution in [-0.2, 0) is 4.79 Å². The molecule has 0 heterocycles. The Hall–Kier alpha value is -1.43. The molecule has 0 aliphatic carbocycles. The van der Waals surface area contributed by atoms with E-state index in [9.17, 15) is 13.6 Å². The molecule has 1 rings (SSSR count). The lowest BCUT2D eigenvalue weighted by molar-refractivity contribution is -0.131.